The van der Waals surface area contributed by atoms with Gasteiger partial charge < -0.3 is 9.73 Å². The molecule has 0 radical (unpaired) electrons. The molecule has 0 saturated heterocycles. The number of allylic oxidation sites excluding steroid dienone is 1. The standard InChI is InChI=1S/C40H28N2O/c1-3-10-30(11-4-1)35-26-36(42-40(41-35)32-12-5-2-6-13-32)31-24-20-28(21-25-31)27-18-22-29(23-19-27)33-15-9-17-38-39(33)34-14-7-8-16-37(34)43-38/h1-26,40,42H. The average Bonchev–Trinajstić information content (AvgIpc) is 3.48. The molecule has 7 aromatic rings. The lowest BCUT2D eigenvalue weighted by Gasteiger charge is -2.25. The molecule has 1 atom stereocenters. The summed E-state index contributed by atoms with van der Waals surface area (Å²) in [7, 11) is 0. The topological polar surface area (TPSA) is 37.5 Å². The highest BCUT2D eigenvalue weighted by Gasteiger charge is 2.19. The first-order valence-electron chi connectivity index (χ1n) is 14.6. The maximum Gasteiger partial charge on any atom is 0.145 e. The molecule has 0 aliphatic carbocycles. The van der Waals surface area contributed by atoms with Crippen LogP contribution in [0.15, 0.2) is 167 Å². The maximum absolute atomic E-state index is 6.12. The van der Waals surface area contributed by atoms with E-state index in [1.807, 2.05) is 30.3 Å². The van der Waals surface area contributed by atoms with Gasteiger partial charge in [-0.1, -0.05) is 140 Å². The Morgan fingerprint density at radius 3 is 1.84 bits per heavy atom. The van der Waals surface area contributed by atoms with Crippen LogP contribution in [0.2, 0.25) is 0 Å². The van der Waals surface area contributed by atoms with Gasteiger partial charge in [0.05, 0.1) is 5.71 Å². The summed E-state index contributed by atoms with van der Waals surface area (Å²) in [5.41, 5.74) is 12.0. The molecule has 1 aliphatic heterocycles. The summed E-state index contributed by atoms with van der Waals surface area (Å²) in [6.07, 6.45) is 2.00. The van der Waals surface area contributed by atoms with Crippen molar-refractivity contribution in [3.05, 3.63) is 174 Å². The predicted octanol–water partition coefficient (Wildman–Crippen LogP) is 10.1. The van der Waals surface area contributed by atoms with Gasteiger partial charge >= 0.3 is 0 Å². The van der Waals surface area contributed by atoms with E-state index < -0.39 is 0 Å². The summed E-state index contributed by atoms with van der Waals surface area (Å²) < 4.78 is 6.12. The number of nitrogens with zero attached hydrogens (tertiary/aromatic N) is 1. The van der Waals surface area contributed by atoms with Crippen molar-refractivity contribution in [3.63, 3.8) is 0 Å². The van der Waals surface area contributed by atoms with Crippen LogP contribution in [-0.2, 0) is 0 Å². The Labute approximate surface area is 250 Å². The van der Waals surface area contributed by atoms with E-state index in [0.717, 1.165) is 50.0 Å². The second-order valence-corrected chi connectivity index (χ2v) is 10.8. The normalized spacial score (nSPS) is 14.7. The first kappa shape index (κ1) is 25.1. The third kappa shape index (κ3) is 4.71. The Hall–Kier alpha value is -5.67. The van der Waals surface area contributed by atoms with Crippen LogP contribution in [0.5, 0.6) is 0 Å². The molecule has 6 aromatic carbocycles. The van der Waals surface area contributed by atoms with Crippen LogP contribution in [-0.4, -0.2) is 5.71 Å². The van der Waals surface area contributed by atoms with Gasteiger partial charge in [-0.25, -0.2) is 0 Å². The van der Waals surface area contributed by atoms with E-state index in [9.17, 15) is 0 Å². The van der Waals surface area contributed by atoms with Gasteiger partial charge in [-0.2, -0.15) is 0 Å². The molecular weight excluding hydrogens is 524 g/mol. The predicted molar refractivity (Wildman–Crippen MR) is 178 cm³/mol. The molecule has 3 nitrogen and oxygen atoms in total. The largest absolute Gasteiger partial charge is 0.456 e. The first-order valence-corrected chi connectivity index (χ1v) is 14.6. The lowest BCUT2D eigenvalue weighted by Crippen LogP contribution is -2.24. The average molecular weight is 553 g/mol. The molecule has 204 valence electrons. The number of fused-ring (bicyclic) bond motifs is 3. The van der Waals surface area contributed by atoms with Gasteiger partial charge in [-0.05, 0) is 57.2 Å². The van der Waals surface area contributed by atoms with Crippen LogP contribution in [0.4, 0.5) is 0 Å². The minimum absolute atomic E-state index is 0.152. The summed E-state index contributed by atoms with van der Waals surface area (Å²) in [5.74, 6) is 0. The van der Waals surface area contributed by atoms with Crippen LogP contribution < -0.4 is 5.32 Å². The minimum Gasteiger partial charge on any atom is -0.456 e. The fraction of sp³-hybridized carbons (Fsp3) is 0.0250. The Kier molecular flexibility index (Phi) is 6.20. The summed E-state index contributed by atoms with van der Waals surface area (Å²) in [5, 5.41) is 5.97. The molecule has 1 N–H and O–H groups in total. The first-order chi connectivity index (χ1) is 21.3. The zero-order chi connectivity index (χ0) is 28.6. The molecule has 0 saturated carbocycles. The van der Waals surface area contributed by atoms with Gasteiger partial charge in [0.15, 0.2) is 0 Å². The molecule has 1 aromatic heterocycles. The monoisotopic (exact) mass is 552 g/mol. The van der Waals surface area contributed by atoms with Crippen molar-refractivity contribution >= 4 is 33.3 Å². The fourth-order valence-corrected chi connectivity index (χ4v) is 5.96. The highest BCUT2D eigenvalue weighted by molar-refractivity contribution is 6.13. The zero-order valence-electron chi connectivity index (χ0n) is 23.4. The molecule has 0 fully saturated rings. The number of para-hydroxylation sites is 1. The molecular formula is C40H28N2O. The summed E-state index contributed by atoms with van der Waals surface area (Å²) in [4.78, 5) is 5.05. The van der Waals surface area contributed by atoms with Gasteiger partial charge in [0, 0.05) is 16.5 Å². The lowest BCUT2D eigenvalue weighted by molar-refractivity contribution is 0.664. The van der Waals surface area contributed by atoms with E-state index in [0.29, 0.717) is 0 Å². The molecule has 2 heterocycles. The SMILES string of the molecule is C1=C(c2ccc(-c3ccc(-c4cccc5oc6ccccc6c45)cc3)cc2)NC(c2ccccc2)N=C1c1ccccc1. The van der Waals surface area contributed by atoms with Gasteiger partial charge in [0.25, 0.3) is 0 Å². The Morgan fingerprint density at radius 2 is 1.09 bits per heavy atom. The van der Waals surface area contributed by atoms with E-state index in [-0.39, 0.29) is 6.17 Å². The molecule has 43 heavy (non-hydrogen) atoms. The summed E-state index contributed by atoms with van der Waals surface area (Å²) >= 11 is 0. The molecule has 0 amide bonds. The molecule has 1 aliphatic rings. The van der Waals surface area contributed by atoms with Crippen LogP contribution >= 0.6 is 0 Å². The third-order valence-electron chi connectivity index (χ3n) is 8.15. The number of aliphatic imine (C=N–C) groups is 1. The van der Waals surface area contributed by atoms with Gasteiger partial charge in [0.2, 0.25) is 0 Å². The van der Waals surface area contributed by atoms with Crippen molar-refractivity contribution < 1.29 is 4.42 Å². The van der Waals surface area contributed by atoms with Crippen molar-refractivity contribution in [2.75, 3.05) is 0 Å². The van der Waals surface area contributed by atoms with Crippen molar-refractivity contribution in [1.82, 2.24) is 5.32 Å². The van der Waals surface area contributed by atoms with Crippen LogP contribution in [0.3, 0.4) is 0 Å². The van der Waals surface area contributed by atoms with Crippen molar-refractivity contribution in [1.29, 1.82) is 0 Å². The quantitative estimate of drug-likeness (QED) is 0.231. The number of benzene rings is 6. The Balaban J connectivity index is 1.10. The number of furan rings is 1. The second kappa shape index (κ2) is 10.6. The number of rotatable bonds is 5. The van der Waals surface area contributed by atoms with Crippen molar-refractivity contribution in [3.8, 4) is 22.3 Å². The van der Waals surface area contributed by atoms with Crippen LogP contribution in [0, 0.1) is 0 Å². The van der Waals surface area contributed by atoms with Crippen molar-refractivity contribution in [2.45, 2.75) is 6.17 Å². The second-order valence-electron chi connectivity index (χ2n) is 10.8. The smallest absolute Gasteiger partial charge is 0.145 e. The molecule has 3 heteroatoms. The fourth-order valence-electron chi connectivity index (χ4n) is 5.96. The highest BCUT2D eigenvalue weighted by Crippen LogP contribution is 2.37. The van der Waals surface area contributed by atoms with E-state index in [1.54, 1.807) is 0 Å². The molecule has 0 bridgehead atoms. The Morgan fingerprint density at radius 1 is 0.488 bits per heavy atom. The number of hydrogen-bond donors (Lipinski definition) is 1. The minimum atomic E-state index is -0.152. The summed E-state index contributed by atoms with van der Waals surface area (Å²) in [6, 6.07) is 52.9. The van der Waals surface area contributed by atoms with Crippen molar-refractivity contribution in [2.24, 2.45) is 4.99 Å². The van der Waals surface area contributed by atoms with Crippen LogP contribution in [0.25, 0.3) is 49.9 Å². The number of nitrogens with one attached hydrogen (secondary N) is 1. The summed E-state index contributed by atoms with van der Waals surface area (Å²) in [6.45, 7) is 0. The molecule has 8 rings (SSSR count). The zero-order valence-corrected chi connectivity index (χ0v) is 23.4. The third-order valence-corrected chi connectivity index (χ3v) is 8.15. The van der Waals surface area contributed by atoms with E-state index in [1.165, 1.54) is 22.3 Å². The van der Waals surface area contributed by atoms with Gasteiger partial charge in [-0.15, -0.1) is 0 Å². The number of hydrogen-bond acceptors (Lipinski definition) is 3. The molecule has 1 unspecified atom stereocenters. The van der Waals surface area contributed by atoms with Crippen LogP contribution in [0.1, 0.15) is 22.9 Å². The van der Waals surface area contributed by atoms with Gasteiger partial charge in [-0.3, -0.25) is 4.99 Å². The highest BCUT2D eigenvalue weighted by atomic mass is 16.3. The maximum atomic E-state index is 6.12. The lowest BCUT2D eigenvalue weighted by atomic mass is 9.96. The molecule has 0 spiro atoms. The van der Waals surface area contributed by atoms with E-state index >= 15 is 0 Å². The van der Waals surface area contributed by atoms with E-state index in [4.69, 9.17) is 9.41 Å². The van der Waals surface area contributed by atoms with Gasteiger partial charge in [0.1, 0.15) is 17.3 Å². The van der Waals surface area contributed by atoms with E-state index in [2.05, 4.69) is 133 Å². The Bertz CT molecular complexity index is 2120.